The van der Waals surface area contributed by atoms with E-state index < -0.39 is 0 Å². The number of hydrogen-bond donors (Lipinski definition) is 1. The molecule has 1 N–H and O–H groups in total. The molecular formula is C18H17FN2O. The van der Waals surface area contributed by atoms with Gasteiger partial charge in [-0.2, -0.15) is 0 Å². The lowest BCUT2D eigenvalue weighted by Gasteiger charge is -2.17. The molecule has 1 heterocycles. The van der Waals surface area contributed by atoms with Crippen molar-refractivity contribution in [2.45, 2.75) is 13.5 Å². The first-order valence-electron chi connectivity index (χ1n) is 7.13. The van der Waals surface area contributed by atoms with Crippen LogP contribution in [0.3, 0.4) is 0 Å². The molecule has 2 aromatic carbocycles. The van der Waals surface area contributed by atoms with E-state index in [0.717, 1.165) is 16.6 Å². The summed E-state index contributed by atoms with van der Waals surface area (Å²) in [4.78, 5) is 17.5. The van der Waals surface area contributed by atoms with Crippen LogP contribution < -0.4 is 0 Å². The zero-order valence-corrected chi connectivity index (χ0v) is 12.6. The summed E-state index contributed by atoms with van der Waals surface area (Å²) in [7, 11) is 1.77. The second kappa shape index (κ2) is 5.64. The van der Waals surface area contributed by atoms with Crippen LogP contribution in [0, 0.1) is 12.7 Å². The van der Waals surface area contributed by atoms with Gasteiger partial charge in [-0.3, -0.25) is 4.79 Å². The van der Waals surface area contributed by atoms with E-state index in [1.165, 1.54) is 12.1 Å². The lowest BCUT2D eigenvalue weighted by molar-refractivity contribution is 0.0786. The molecule has 0 aliphatic rings. The summed E-state index contributed by atoms with van der Waals surface area (Å²) < 4.78 is 13.3. The van der Waals surface area contributed by atoms with Gasteiger partial charge >= 0.3 is 0 Å². The molecule has 3 nitrogen and oxygen atoms in total. The number of benzene rings is 2. The number of hydrogen-bond acceptors (Lipinski definition) is 1. The van der Waals surface area contributed by atoms with Crippen LogP contribution in [0.5, 0.6) is 0 Å². The van der Waals surface area contributed by atoms with Gasteiger partial charge < -0.3 is 9.88 Å². The maximum Gasteiger partial charge on any atom is 0.256 e. The number of H-pyrrole nitrogens is 1. The number of nitrogens with zero attached hydrogens (tertiary/aromatic N) is 1. The van der Waals surface area contributed by atoms with Crippen LogP contribution in [0.25, 0.3) is 10.9 Å². The fourth-order valence-electron chi connectivity index (χ4n) is 2.70. The molecule has 0 unspecified atom stereocenters. The van der Waals surface area contributed by atoms with Gasteiger partial charge in [-0.05, 0) is 30.7 Å². The Morgan fingerprint density at radius 2 is 1.91 bits per heavy atom. The number of nitrogens with one attached hydrogen (secondary N) is 1. The van der Waals surface area contributed by atoms with Crippen molar-refractivity contribution in [1.82, 2.24) is 9.88 Å². The normalized spacial score (nSPS) is 10.9. The maximum atomic E-state index is 13.3. The van der Waals surface area contributed by atoms with Gasteiger partial charge in [-0.25, -0.2) is 4.39 Å². The van der Waals surface area contributed by atoms with E-state index in [4.69, 9.17) is 0 Å². The maximum absolute atomic E-state index is 13.3. The lowest BCUT2D eigenvalue weighted by atomic mass is 10.1. The summed E-state index contributed by atoms with van der Waals surface area (Å²) in [5, 5.41) is 0.754. The van der Waals surface area contributed by atoms with Crippen molar-refractivity contribution in [3.8, 4) is 0 Å². The third-order valence-electron chi connectivity index (χ3n) is 3.77. The second-order valence-corrected chi connectivity index (χ2v) is 5.46. The van der Waals surface area contributed by atoms with Crippen LogP contribution in [0.15, 0.2) is 48.5 Å². The molecule has 3 rings (SSSR count). The van der Waals surface area contributed by atoms with Crippen molar-refractivity contribution in [1.29, 1.82) is 0 Å². The highest BCUT2D eigenvalue weighted by molar-refractivity contribution is 6.08. The van der Waals surface area contributed by atoms with Gasteiger partial charge in [0.1, 0.15) is 5.82 Å². The predicted octanol–water partition coefficient (Wildman–Crippen LogP) is 3.89. The highest BCUT2D eigenvalue weighted by atomic mass is 19.1. The SMILES string of the molecule is Cc1[nH]c2cc(F)ccc2c1C(=O)N(C)Cc1ccccc1. The number of aromatic amines is 1. The summed E-state index contributed by atoms with van der Waals surface area (Å²) in [5.74, 6) is -0.385. The Balaban J connectivity index is 1.93. The summed E-state index contributed by atoms with van der Waals surface area (Å²) in [6, 6.07) is 14.3. The summed E-state index contributed by atoms with van der Waals surface area (Å²) in [6.45, 7) is 2.37. The van der Waals surface area contributed by atoms with Crippen LogP contribution in [0.1, 0.15) is 21.6 Å². The molecule has 112 valence electrons. The quantitative estimate of drug-likeness (QED) is 0.782. The Morgan fingerprint density at radius 1 is 1.18 bits per heavy atom. The highest BCUT2D eigenvalue weighted by Gasteiger charge is 2.19. The molecule has 0 saturated heterocycles. The molecule has 4 heteroatoms. The van der Waals surface area contributed by atoms with Crippen LogP contribution in [-0.2, 0) is 6.54 Å². The van der Waals surface area contributed by atoms with E-state index in [9.17, 15) is 9.18 Å². The van der Waals surface area contributed by atoms with Crippen molar-refractivity contribution in [2.75, 3.05) is 7.05 Å². The van der Waals surface area contributed by atoms with Gasteiger partial charge in [0.05, 0.1) is 5.56 Å². The number of carbonyl (C=O) groups excluding carboxylic acids is 1. The zero-order chi connectivity index (χ0) is 15.7. The van der Waals surface area contributed by atoms with Crippen molar-refractivity contribution < 1.29 is 9.18 Å². The van der Waals surface area contributed by atoms with Crippen molar-refractivity contribution in [3.05, 3.63) is 71.2 Å². The molecule has 0 radical (unpaired) electrons. The van der Waals surface area contributed by atoms with E-state index in [1.807, 2.05) is 37.3 Å². The number of aromatic nitrogens is 1. The molecule has 1 amide bonds. The van der Waals surface area contributed by atoms with E-state index in [0.29, 0.717) is 17.6 Å². The molecule has 0 aliphatic carbocycles. The number of rotatable bonds is 3. The van der Waals surface area contributed by atoms with Gasteiger partial charge in [0.15, 0.2) is 0 Å². The fourth-order valence-corrected chi connectivity index (χ4v) is 2.70. The van der Waals surface area contributed by atoms with E-state index >= 15 is 0 Å². The monoisotopic (exact) mass is 296 g/mol. The number of amides is 1. The molecule has 0 atom stereocenters. The third kappa shape index (κ3) is 2.60. The van der Waals surface area contributed by atoms with Gasteiger partial charge in [-0.1, -0.05) is 30.3 Å². The lowest BCUT2D eigenvalue weighted by Crippen LogP contribution is -2.26. The number of halogens is 1. The van der Waals surface area contributed by atoms with Crippen LogP contribution in [-0.4, -0.2) is 22.8 Å². The summed E-state index contributed by atoms with van der Waals surface area (Å²) >= 11 is 0. The standard InChI is InChI=1S/C18H17FN2O/c1-12-17(15-9-8-14(19)10-16(15)20-12)18(22)21(2)11-13-6-4-3-5-7-13/h3-10,20H,11H2,1-2H3. The van der Waals surface area contributed by atoms with E-state index in [2.05, 4.69) is 4.98 Å². The first kappa shape index (κ1) is 14.3. The molecule has 0 aliphatic heterocycles. The van der Waals surface area contributed by atoms with E-state index in [1.54, 1.807) is 18.0 Å². The van der Waals surface area contributed by atoms with Crippen LogP contribution in [0.2, 0.25) is 0 Å². The molecular weight excluding hydrogens is 279 g/mol. The van der Waals surface area contributed by atoms with Gasteiger partial charge in [0, 0.05) is 30.2 Å². The van der Waals surface area contributed by atoms with Crippen molar-refractivity contribution in [3.63, 3.8) is 0 Å². The zero-order valence-electron chi connectivity index (χ0n) is 12.6. The Hall–Kier alpha value is -2.62. The molecule has 0 spiro atoms. The predicted molar refractivity (Wildman–Crippen MR) is 85.2 cm³/mol. The molecule has 1 aromatic heterocycles. The second-order valence-electron chi connectivity index (χ2n) is 5.46. The van der Waals surface area contributed by atoms with Crippen molar-refractivity contribution >= 4 is 16.8 Å². The van der Waals surface area contributed by atoms with Gasteiger partial charge in [-0.15, -0.1) is 0 Å². The average molecular weight is 296 g/mol. The largest absolute Gasteiger partial charge is 0.358 e. The topological polar surface area (TPSA) is 36.1 Å². The van der Waals surface area contributed by atoms with Crippen LogP contribution >= 0.6 is 0 Å². The third-order valence-corrected chi connectivity index (χ3v) is 3.77. The van der Waals surface area contributed by atoms with E-state index in [-0.39, 0.29) is 11.7 Å². The fraction of sp³-hybridized carbons (Fsp3) is 0.167. The van der Waals surface area contributed by atoms with Gasteiger partial charge in [0.25, 0.3) is 5.91 Å². The number of aryl methyl sites for hydroxylation is 1. The molecule has 0 fully saturated rings. The van der Waals surface area contributed by atoms with Crippen LogP contribution in [0.4, 0.5) is 4.39 Å². The molecule has 0 saturated carbocycles. The highest BCUT2D eigenvalue weighted by Crippen LogP contribution is 2.24. The minimum atomic E-state index is -0.314. The first-order chi connectivity index (χ1) is 10.6. The summed E-state index contributed by atoms with van der Waals surface area (Å²) in [5.41, 5.74) is 3.08. The summed E-state index contributed by atoms with van der Waals surface area (Å²) in [6.07, 6.45) is 0. The van der Waals surface area contributed by atoms with Crippen molar-refractivity contribution in [2.24, 2.45) is 0 Å². The number of carbonyl (C=O) groups is 1. The minimum absolute atomic E-state index is 0.0702. The van der Waals surface area contributed by atoms with Gasteiger partial charge in [0.2, 0.25) is 0 Å². The molecule has 22 heavy (non-hydrogen) atoms. The first-order valence-corrected chi connectivity index (χ1v) is 7.13. The minimum Gasteiger partial charge on any atom is -0.358 e. The Labute approximate surface area is 128 Å². The average Bonchev–Trinajstić information content (AvgIpc) is 2.82. The molecule has 0 bridgehead atoms. The number of fused-ring (bicyclic) bond motifs is 1. The molecule has 3 aromatic rings. The Bertz CT molecular complexity index is 824. The Morgan fingerprint density at radius 3 is 2.64 bits per heavy atom. The smallest absolute Gasteiger partial charge is 0.256 e. The Kier molecular flexibility index (Phi) is 3.67.